The van der Waals surface area contributed by atoms with Crippen LogP contribution in [0.4, 0.5) is 43.9 Å². The quantitative estimate of drug-likeness (QED) is 0.0278. The predicted molar refractivity (Wildman–Crippen MR) is 508 cm³/mol. The summed E-state index contributed by atoms with van der Waals surface area (Å²) in [6.07, 6.45) is -13.9. The average molecular weight is 1940 g/mol. The van der Waals surface area contributed by atoms with Gasteiger partial charge >= 0.3 is 25.6 Å². The van der Waals surface area contributed by atoms with Crippen LogP contribution in [0.2, 0.25) is 0 Å². The van der Waals surface area contributed by atoms with Gasteiger partial charge < -0.3 is 14.4 Å². The van der Waals surface area contributed by atoms with Crippen LogP contribution >= 0.6 is 0 Å². The lowest BCUT2D eigenvalue weighted by Crippen LogP contribution is -2.29. The van der Waals surface area contributed by atoms with Crippen molar-refractivity contribution in [3.63, 3.8) is 0 Å². The number of carbonyl (C=O) groups excluding carboxylic acids is 3. The highest BCUT2D eigenvalue weighted by Crippen LogP contribution is 2.49. The molecular weight excluding hydrogens is 1850 g/mol. The van der Waals surface area contributed by atoms with Crippen LogP contribution in [0.25, 0.3) is 165 Å². The number of nitrogens with zero attached hydrogens (tertiary/aromatic N) is 15. The first-order chi connectivity index (χ1) is 73.1. The summed E-state index contributed by atoms with van der Waals surface area (Å²) in [6.45, 7) is 6.04. The van der Waals surface area contributed by atoms with Gasteiger partial charge in [-0.25, -0.2) is 29.3 Å². The van der Waals surface area contributed by atoms with Crippen LogP contribution in [-0.2, 0) is 91.4 Å². The lowest BCUT2D eigenvalue weighted by Gasteiger charge is -2.23. The van der Waals surface area contributed by atoms with Gasteiger partial charge in [-0.05, 0) is 245 Å². The second-order valence-electron chi connectivity index (χ2n) is 35.0. The number of halogens is 10. The van der Waals surface area contributed by atoms with Gasteiger partial charge in [-0.3, -0.25) is 65.2 Å². The van der Waals surface area contributed by atoms with Gasteiger partial charge in [-0.2, -0.15) is 85.4 Å². The van der Waals surface area contributed by atoms with Gasteiger partial charge in [0, 0.05) is 93.9 Å². The molecule has 0 bridgehead atoms. The van der Waals surface area contributed by atoms with Crippen molar-refractivity contribution in [3.05, 3.63) is 248 Å². The van der Waals surface area contributed by atoms with E-state index in [0.717, 1.165) is 135 Å². The second-order valence-corrected chi connectivity index (χ2v) is 35.0. The Labute approximate surface area is 811 Å². The van der Waals surface area contributed by atoms with Crippen molar-refractivity contribution in [2.45, 2.75) is 154 Å². The van der Waals surface area contributed by atoms with Crippen LogP contribution in [0.3, 0.4) is 0 Å². The highest BCUT2D eigenvalue weighted by molar-refractivity contribution is 6.62. The fourth-order valence-corrected chi connectivity index (χ4v) is 20.1. The Morgan fingerprint density at radius 2 is 0.901 bits per heavy atom. The number of carbonyl (C=O) groups is 3. The van der Waals surface area contributed by atoms with Crippen molar-refractivity contribution in [1.29, 1.82) is 0 Å². The van der Waals surface area contributed by atoms with E-state index in [1.54, 1.807) is 60.7 Å². The summed E-state index contributed by atoms with van der Waals surface area (Å²) >= 11 is 0. The van der Waals surface area contributed by atoms with E-state index < -0.39 is 144 Å². The number of alkyl halides is 9. The Kier molecular flexibility index (Phi) is 18.7. The number of rotatable bonds is 9. The zero-order valence-corrected chi connectivity index (χ0v) is 74.3. The highest BCUT2D eigenvalue weighted by atomic mass is 19.4. The molecule has 0 spiro atoms. The molecule has 0 saturated heterocycles. The molecule has 0 unspecified atom stereocenters. The van der Waals surface area contributed by atoms with Crippen molar-refractivity contribution in [2.75, 3.05) is 0 Å². The first-order valence-corrected chi connectivity index (χ1v) is 44.6. The first-order valence-electron chi connectivity index (χ1n) is 50.6. The number of ether oxygens (including phenoxy) is 1. The van der Waals surface area contributed by atoms with E-state index in [9.17, 15) is 58.9 Å². The number of amides is 2. The van der Waals surface area contributed by atoms with E-state index in [1.165, 1.54) is 69.9 Å². The van der Waals surface area contributed by atoms with Gasteiger partial charge in [0.15, 0.2) is 5.82 Å². The van der Waals surface area contributed by atoms with E-state index in [2.05, 4.69) is 116 Å². The highest BCUT2D eigenvalue weighted by Gasteiger charge is 2.44. The van der Waals surface area contributed by atoms with Crippen molar-refractivity contribution in [2.24, 2.45) is 0 Å². The summed E-state index contributed by atoms with van der Waals surface area (Å²) < 4.78 is 247. The number of pyridine rings is 5. The monoisotopic (exact) mass is 1940 g/mol. The SMILES string of the molecule is CC1(C)OB(O)c2ccc(-c3nc4ccc5[nH]ncc5c4c4c3CCCC4)cc21.O=C1c2ccccc2C(=O)N1Cc1[nH]ncc1-c1nc2ccc3[nH]ncc3c2c2c1CCCC2.O=COc1cc(-c2cn[nH]c2C(F)(F)F)nc2ccc3[nH]ncc3c12.[2H]C1([2H])Cc2c(c(-c3cn[nH]c3C(F)(F)F)nc3c(F)cc4[nH]ncc4c23)C([2H])([2H])C1([2H])[2H].[2H]C1([2H])Cc2c(c(-c3cn[nH]c3C(F)(F)F)nc3ccc4n[nH]c(C)c4c23)C([2H])([2H])C1([2H])[2H]. The van der Waals surface area contributed by atoms with E-state index >= 15 is 4.39 Å². The van der Waals surface area contributed by atoms with Crippen LogP contribution in [-0.4, -0.2) is 152 Å². The molecule has 14 aromatic heterocycles. The molecule has 27 rings (SSSR count). The predicted octanol–water partition coefficient (Wildman–Crippen LogP) is 20.1. The van der Waals surface area contributed by atoms with Crippen LogP contribution in [0, 0.1) is 12.7 Å². The van der Waals surface area contributed by atoms with Crippen molar-refractivity contribution < 1.29 is 89.2 Å². The third-order valence-electron chi connectivity index (χ3n) is 26.5. The molecule has 41 heteroatoms. The summed E-state index contributed by atoms with van der Waals surface area (Å²) in [4.78, 5) is 60.9. The van der Waals surface area contributed by atoms with Gasteiger partial charge in [0.05, 0.1) is 179 Å². The fourth-order valence-electron chi connectivity index (χ4n) is 20.1. The number of benzene rings is 7. The van der Waals surface area contributed by atoms with Gasteiger partial charge in [-0.1, -0.05) is 24.3 Å². The first kappa shape index (κ1) is 76.6. The summed E-state index contributed by atoms with van der Waals surface area (Å²) in [5, 5.41) is 74.9. The minimum Gasteiger partial charge on any atom is -0.428 e. The van der Waals surface area contributed by atoms with Gasteiger partial charge in [0.25, 0.3) is 18.3 Å². The number of aryl methyl sites for hydroxylation is 5. The largest absolute Gasteiger partial charge is 0.492 e. The third-order valence-corrected chi connectivity index (χ3v) is 26.5. The molecule has 2 aliphatic heterocycles. The molecule has 6 aliphatic rings. The van der Waals surface area contributed by atoms with Crippen LogP contribution in [0.5, 0.6) is 5.75 Å². The fraction of sp³-hybridized carbons (Fsp3) is 0.238. The molecule has 7 aromatic carbocycles. The minimum absolute atomic E-state index is 0.0201. The number of fused-ring (bicyclic) bond motifs is 25. The molecular formula is C101H79BF10N24O6. The zero-order chi connectivity index (χ0) is 108. The molecule has 21 aromatic rings. The van der Waals surface area contributed by atoms with Gasteiger partial charge in [0.2, 0.25) is 0 Å². The van der Waals surface area contributed by atoms with Crippen LogP contribution in [0.1, 0.15) is 181 Å². The third kappa shape index (κ3) is 15.3. The summed E-state index contributed by atoms with van der Waals surface area (Å²) in [7, 11) is -0.859. The smallest absolute Gasteiger partial charge is 0.428 e. The lowest BCUT2D eigenvalue weighted by molar-refractivity contribution is -0.141. The van der Waals surface area contributed by atoms with Gasteiger partial charge in [-0.15, -0.1) is 0 Å². The van der Waals surface area contributed by atoms with E-state index in [-0.39, 0.29) is 74.8 Å². The molecule has 0 radical (unpaired) electrons. The molecule has 30 nitrogen and oxygen atoms in total. The number of aromatic nitrogens is 23. The summed E-state index contributed by atoms with van der Waals surface area (Å²) in [5.41, 5.74) is 10.9. The number of imide groups is 1. The molecule has 0 atom stereocenters. The Bertz CT molecular complexity index is 9320. The molecule has 0 saturated carbocycles. The number of nitrogens with one attached hydrogen (secondary N) is 9. The number of H-pyrrole nitrogens is 9. The second kappa shape index (κ2) is 34.6. The minimum atomic E-state index is -4.95. The maximum atomic E-state index is 15.0. The Morgan fingerprint density at radius 3 is 1.47 bits per heavy atom. The topological polar surface area (TPSA) is 416 Å². The zero-order valence-electron chi connectivity index (χ0n) is 86.3. The van der Waals surface area contributed by atoms with Crippen molar-refractivity contribution in [1.82, 2.24) is 122 Å². The molecule has 142 heavy (non-hydrogen) atoms. The average Bonchev–Trinajstić information content (AvgIpc) is 1.07. The number of hydrogen-bond acceptors (Lipinski definition) is 20. The number of aromatic amines is 9. The Hall–Kier alpha value is -16.3. The molecule has 712 valence electrons. The van der Waals surface area contributed by atoms with Gasteiger partial charge in [0.1, 0.15) is 28.3 Å². The molecule has 10 N–H and O–H groups in total. The van der Waals surface area contributed by atoms with E-state index in [4.69, 9.17) is 35.8 Å². The standard InChI is InChI=1S/C26H20N6O2.C23H22BN3O2.C19H16F3N5.C18H13F4N5.C15H8F3N5O2/c33-25-16-7-3-4-8-17(16)26(34)32(25)13-22-19(12-28-31-22)24-15-6-2-1-5-14(15)23-18-11-27-30-20(18)9-10-21(23)29-24;1-23(2)17-11-13(7-8-18(17)24(28)29-23)22-15-6-4-3-5-14(15)21-16-12-25-27-19(16)9-10-20(21)26-22;1-9-15-14(26-25-9)7-6-13-16(15)10-4-2-3-5-11(10)17(24-13)12-8-23-27-18(12)19(20,21)22;19-12-5-13-10(6-23-26-13)14-8-3-1-2-4-9(8)15(25-16(12)14)11-7-24-27-17(11)18(20,21)22;16-15(17,18)14-8(5-20-23-14)11-3-12(25-6-24)13-7-4-19-22-9(7)1-2-10(13)21-11/h3-4,7-12H,1-2,5-6,13H2,(H,27,30)(H,28,31);7-12,28H,3-6H2,1-2H3,(H,25,27);6-8H,2-5H2,1H3,(H,23,27)(H,25,26);5-7H,1-4H2,(H,23,26)(H,24,27);1-6H,(H,19,22)(H,20,23)/i;;2D2,3D2,5D2;1D2,2D2,4D2;. The lowest BCUT2D eigenvalue weighted by atomic mass is 9.77. The van der Waals surface area contributed by atoms with E-state index in [1.807, 2.05) is 54.6 Å². The van der Waals surface area contributed by atoms with Crippen LogP contribution < -0.4 is 10.2 Å². The summed E-state index contributed by atoms with van der Waals surface area (Å²) in [5.74, 6) is -1.43. The number of hydrogen-bond donors (Lipinski definition) is 10. The Morgan fingerprint density at radius 1 is 0.451 bits per heavy atom. The van der Waals surface area contributed by atoms with E-state index in [0.29, 0.717) is 60.6 Å². The maximum Gasteiger partial charge on any atom is 0.492 e. The van der Waals surface area contributed by atoms with Crippen molar-refractivity contribution >= 4 is 140 Å². The van der Waals surface area contributed by atoms with Crippen LogP contribution in [0.15, 0.2) is 153 Å². The summed E-state index contributed by atoms with van der Waals surface area (Å²) in [6, 6.07) is 30.1. The molecule has 0 fully saturated rings. The maximum absolute atomic E-state index is 15.0. The normalized spacial score (nSPS) is 18.4. The Balaban J connectivity index is 0.000000105. The molecule has 16 heterocycles. The molecule has 4 aliphatic carbocycles. The molecule has 2 amide bonds. The van der Waals surface area contributed by atoms with Crippen molar-refractivity contribution in [3.8, 4) is 62.0 Å².